The van der Waals surface area contributed by atoms with Gasteiger partial charge in [-0.1, -0.05) is 53.5 Å². The van der Waals surface area contributed by atoms with Crippen molar-refractivity contribution in [3.63, 3.8) is 0 Å². The quantitative estimate of drug-likeness (QED) is 0.690. The highest BCUT2D eigenvalue weighted by Gasteiger charge is 2.17. The molecule has 0 radical (unpaired) electrons. The average Bonchev–Trinajstić information content (AvgIpc) is 2.73. The second-order valence-corrected chi connectivity index (χ2v) is 8.27. The van der Waals surface area contributed by atoms with E-state index in [1.165, 1.54) is 5.69 Å². The number of carbonyl (C=O) groups is 1. The van der Waals surface area contributed by atoms with E-state index in [-0.39, 0.29) is 5.91 Å². The van der Waals surface area contributed by atoms with Crippen LogP contribution in [0.1, 0.15) is 5.56 Å². The fourth-order valence-electron chi connectivity index (χ4n) is 2.97. The van der Waals surface area contributed by atoms with Gasteiger partial charge in [-0.25, -0.2) is 0 Å². The van der Waals surface area contributed by atoms with Crippen molar-refractivity contribution in [3.05, 3.63) is 69.0 Å². The average molecular weight is 436 g/mol. The van der Waals surface area contributed by atoms with Gasteiger partial charge in [0.2, 0.25) is 0 Å². The van der Waals surface area contributed by atoms with Gasteiger partial charge in [-0.3, -0.25) is 4.79 Å². The third kappa shape index (κ3) is 5.92. The highest BCUT2D eigenvalue weighted by atomic mass is 35.5. The molecule has 0 saturated carbocycles. The Hall–Kier alpha value is -1.66. The van der Waals surface area contributed by atoms with Gasteiger partial charge < -0.3 is 15.5 Å². The number of hydrogen-bond donors (Lipinski definition) is 2. The first-order chi connectivity index (χ1) is 13.6. The van der Waals surface area contributed by atoms with Gasteiger partial charge in [-0.05, 0) is 29.8 Å². The minimum Gasteiger partial charge on any atom is -0.369 e. The maximum absolute atomic E-state index is 11.9. The number of thioether (sulfide) groups is 1. The van der Waals surface area contributed by atoms with Crippen LogP contribution in [0, 0.1) is 0 Å². The highest BCUT2D eigenvalue weighted by Crippen LogP contribution is 2.27. The fraction of sp³-hybridized carbons (Fsp3) is 0.286. The van der Waals surface area contributed by atoms with Crippen molar-refractivity contribution in [1.29, 1.82) is 0 Å². The molecule has 2 aliphatic heterocycles. The van der Waals surface area contributed by atoms with Crippen molar-refractivity contribution in [2.45, 2.75) is 0 Å². The molecule has 0 aliphatic carbocycles. The summed E-state index contributed by atoms with van der Waals surface area (Å²) >= 11 is 12.8. The van der Waals surface area contributed by atoms with Crippen LogP contribution in [-0.2, 0) is 4.79 Å². The molecule has 7 heteroatoms. The van der Waals surface area contributed by atoms with Crippen molar-refractivity contribution in [3.8, 4) is 0 Å². The van der Waals surface area contributed by atoms with E-state index in [1.54, 1.807) is 23.9 Å². The molecule has 0 spiro atoms. The summed E-state index contributed by atoms with van der Waals surface area (Å²) in [5, 5.41) is 7.48. The second-order valence-electron chi connectivity index (χ2n) is 6.32. The molecule has 2 N–H and O–H groups in total. The summed E-state index contributed by atoms with van der Waals surface area (Å²) in [7, 11) is 0. The molecule has 1 amide bonds. The summed E-state index contributed by atoms with van der Waals surface area (Å²) in [6.07, 6.45) is 2.02. The number of nitrogens with one attached hydrogen (secondary N) is 2. The molecule has 2 aromatic carbocycles. The number of hydrogen-bond acceptors (Lipinski definition) is 4. The van der Waals surface area contributed by atoms with Crippen LogP contribution in [0.5, 0.6) is 0 Å². The van der Waals surface area contributed by atoms with E-state index in [0.717, 1.165) is 48.9 Å². The van der Waals surface area contributed by atoms with Crippen molar-refractivity contribution in [1.82, 2.24) is 10.6 Å². The third-order valence-electron chi connectivity index (χ3n) is 4.37. The standard InChI is InChI=1S/C15H19N3OS.C6H4Cl2/c19-15-14(20-10-7-17-15)11-12-3-1-2-4-13(12)18-8-5-16-6-9-18;7-5-3-1-2-4-6(5)8/h1-4,11,16H,5-10H2,(H,17,19);1-4H/b14-11-;. The minimum atomic E-state index is 0.0522. The summed E-state index contributed by atoms with van der Waals surface area (Å²) in [6, 6.07) is 15.5. The molecule has 4 rings (SSSR count). The topological polar surface area (TPSA) is 44.4 Å². The molecule has 0 aromatic heterocycles. The Kier molecular flexibility index (Phi) is 8.10. The van der Waals surface area contributed by atoms with Crippen molar-refractivity contribution in [2.75, 3.05) is 43.4 Å². The largest absolute Gasteiger partial charge is 0.369 e. The smallest absolute Gasteiger partial charge is 0.257 e. The molecule has 2 fully saturated rings. The van der Waals surface area contributed by atoms with Gasteiger partial charge in [0.1, 0.15) is 0 Å². The molecule has 4 nitrogen and oxygen atoms in total. The Balaban J connectivity index is 0.000000236. The zero-order valence-electron chi connectivity index (χ0n) is 15.5. The Labute approximate surface area is 180 Å². The van der Waals surface area contributed by atoms with Crippen LogP contribution in [0.25, 0.3) is 6.08 Å². The lowest BCUT2D eigenvalue weighted by molar-refractivity contribution is -0.116. The van der Waals surface area contributed by atoms with Gasteiger partial charge in [0, 0.05) is 44.2 Å². The molecule has 28 heavy (non-hydrogen) atoms. The first-order valence-electron chi connectivity index (χ1n) is 9.22. The number of amides is 1. The Morgan fingerprint density at radius 2 is 1.57 bits per heavy atom. The maximum atomic E-state index is 11.9. The lowest BCUT2D eigenvalue weighted by atomic mass is 10.1. The second kappa shape index (κ2) is 10.8. The van der Waals surface area contributed by atoms with Crippen molar-refractivity contribution in [2.24, 2.45) is 0 Å². The normalized spacial score (nSPS) is 18.3. The third-order valence-corrected chi connectivity index (χ3v) is 6.15. The van der Waals surface area contributed by atoms with Crippen LogP contribution in [0.2, 0.25) is 10.0 Å². The number of piperazine rings is 1. The Morgan fingerprint density at radius 1 is 0.929 bits per heavy atom. The zero-order valence-corrected chi connectivity index (χ0v) is 17.8. The van der Waals surface area contributed by atoms with E-state index in [1.807, 2.05) is 24.3 Å². The van der Waals surface area contributed by atoms with Gasteiger partial charge in [0.05, 0.1) is 15.0 Å². The maximum Gasteiger partial charge on any atom is 0.257 e. The number of halogens is 2. The number of nitrogens with zero attached hydrogens (tertiary/aromatic N) is 1. The molecule has 2 aliphatic rings. The zero-order chi connectivity index (χ0) is 19.8. The van der Waals surface area contributed by atoms with Crippen LogP contribution >= 0.6 is 35.0 Å². The SMILES string of the molecule is Clc1ccccc1Cl.O=C1NCCS/C1=C\c1ccccc1N1CCNCC1. The van der Waals surface area contributed by atoms with E-state index < -0.39 is 0 Å². The lowest BCUT2D eigenvalue weighted by Gasteiger charge is -2.30. The van der Waals surface area contributed by atoms with Crippen LogP contribution in [-0.4, -0.2) is 44.4 Å². The molecule has 2 saturated heterocycles. The monoisotopic (exact) mass is 435 g/mol. The van der Waals surface area contributed by atoms with Crippen molar-refractivity contribution >= 4 is 52.6 Å². The number of rotatable bonds is 2. The molecule has 148 valence electrons. The summed E-state index contributed by atoms with van der Waals surface area (Å²) in [5.74, 6) is 1.00. The van der Waals surface area contributed by atoms with E-state index in [4.69, 9.17) is 23.2 Å². The molecule has 2 aromatic rings. The Morgan fingerprint density at radius 3 is 2.21 bits per heavy atom. The van der Waals surface area contributed by atoms with Gasteiger partial charge in [0.15, 0.2) is 0 Å². The number of benzene rings is 2. The summed E-state index contributed by atoms with van der Waals surface area (Å²) in [4.78, 5) is 15.1. The predicted octanol–water partition coefficient (Wildman–Crippen LogP) is 4.29. The molecule has 0 bridgehead atoms. The van der Waals surface area contributed by atoms with Gasteiger partial charge in [-0.2, -0.15) is 0 Å². The molecular formula is C21H23Cl2N3OS. The van der Waals surface area contributed by atoms with Crippen molar-refractivity contribution < 1.29 is 4.79 Å². The summed E-state index contributed by atoms with van der Waals surface area (Å²) in [5.41, 5.74) is 2.36. The van der Waals surface area contributed by atoms with Crippen LogP contribution in [0.3, 0.4) is 0 Å². The number of carbonyl (C=O) groups excluding carboxylic acids is 1. The molecule has 2 heterocycles. The minimum absolute atomic E-state index is 0.0522. The molecule has 0 atom stereocenters. The molecule has 0 unspecified atom stereocenters. The van der Waals surface area contributed by atoms with Crippen LogP contribution < -0.4 is 15.5 Å². The highest BCUT2D eigenvalue weighted by molar-refractivity contribution is 8.04. The fourth-order valence-corrected chi connectivity index (χ4v) is 4.08. The van der Waals surface area contributed by atoms with Crippen LogP contribution in [0.15, 0.2) is 53.4 Å². The first-order valence-corrected chi connectivity index (χ1v) is 11.0. The first kappa shape index (κ1) is 21.1. The number of para-hydroxylation sites is 1. The van der Waals surface area contributed by atoms with E-state index in [2.05, 4.69) is 33.7 Å². The number of anilines is 1. The van der Waals surface area contributed by atoms with Gasteiger partial charge in [-0.15, -0.1) is 11.8 Å². The van der Waals surface area contributed by atoms with Gasteiger partial charge >= 0.3 is 0 Å². The Bertz CT molecular complexity index is 817. The lowest BCUT2D eigenvalue weighted by Crippen LogP contribution is -2.43. The predicted molar refractivity (Wildman–Crippen MR) is 121 cm³/mol. The van der Waals surface area contributed by atoms with Crippen LogP contribution in [0.4, 0.5) is 5.69 Å². The van der Waals surface area contributed by atoms with Gasteiger partial charge in [0.25, 0.3) is 5.91 Å². The molecular weight excluding hydrogens is 413 g/mol. The summed E-state index contributed by atoms with van der Waals surface area (Å²) in [6.45, 7) is 4.82. The van der Waals surface area contributed by atoms with E-state index >= 15 is 0 Å². The summed E-state index contributed by atoms with van der Waals surface area (Å²) < 4.78 is 0. The van der Waals surface area contributed by atoms with E-state index in [9.17, 15) is 4.79 Å². The van der Waals surface area contributed by atoms with E-state index in [0.29, 0.717) is 10.0 Å².